The van der Waals surface area contributed by atoms with Crippen LogP contribution in [0.4, 0.5) is 5.13 Å². The fourth-order valence-electron chi connectivity index (χ4n) is 1.50. The first-order valence-electron chi connectivity index (χ1n) is 5.75. The first-order chi connectivity index (χ1) is 9.82. The third-order valence-corrected chi connectivity index (χ3v) is 5.80. The van der Waals surface area contributed by atoms with Gasteiger partial charge in [0.05, 0.1) is 10.5 Å². The minimum Gasteiger partial charge on any atom is -0.298 e. The molecule has 1 heterocycles. The number of thiazole rings is 1. The van der Waals surface area contributed by atoms with Gasteiger partial charge >= 0.3 is 0 Å². The Morgan fingerprint density at radius 1 is 1.38 bits per heavy atom. The summed E-state index contributed by atoms with van der Waals surface area (Å²) in [6, 6.07) is 4.31. The van der Waals surface area contributed by atoms with Crippen molar-refractivity contribution in [1.82, 2.24) is 9.29 Å². The standard InChI is InChI=1S/C12H12BrN3O3S2/c1-16(2)21(18,19)8-3-4-10(13)9(7-8)11(17)15-12-14-5-6-20-12/h3-7H,1-2H3,(H,14,15,17). The number of amides is 1. The Kier molecular flexibility index (Phi) is 4.77. The molecule has 0 unspecified atom stereocenters. The maximum atomic E-state index is 12.2. The van der Waals surface area contributed by atoms with Crippen LogP contribution in [0.5, 0.6) is 0 Å². The Bertz CT molecular complexity index is 758. The summed E-state index contributed by atoms with van der Waals surface area (Å²) in [4.78, 5) is 16.2. The van der Waals surface area contributed by atoms with E-state index in [1.54, 1.807) is 11.6 Å². The second kappa shape index (κ2) is 6.22. The van der Waals surface area contributed by atoms with E-state index in [0.29, 0.717) is 9.60 Å². The quantitative estimate of drug-likeness (QED) is 0.870. The average Bonchev–Trinajstić information content (AvgIpc) is 2.91. The zero-order chi connectivity index (χ0) is 15.6. The van der Waals surface area contributed by atoms with Crippen molar-refractivity contribution in [2.45, 2.75) is 4.90 Å². The van der Waals surface area contributed by atoms with E-state index in [1.807, 2.05) is 0 Å². The van der Waals surface area contributed by atoms with Crippen LogP contribution in [-0.2, 0) is 10.0 Å². The van der Waals surface area contributed by atoms with E-state index in [0.717, 1.165) is 4.31 Å². The number of hydrogen-bond donors (Lipinski definition) is 1. The molecule has 0 aliphatic carbocycles. The summed E-state index contributed by atoms with van der Waals surface area (Å²) < 4.78 is 25.8. The highest BCUT2D eigenvalue weighted by atomic mass is 79.9. The van der Waals surface area contributed by atoms with Crippen LogP contribution in [0.3, 0.4) is 0 Å². The van der Waals surface area contributed by atoms with Gasteiger partial charge in [-0.3, -0.25) is 10.1 Å². The minimum absolute atomic E-state index is 0.0555. The zero-order valence-corrected chi connectivity index (χ0v) is 14.4. The smallest absolute Gasteiger partial charge is 0.258 e. The normalized spacial score (nSPS) is 11.6. The summed E-state index contributed by atoms with van der Waals surface area (Å²) in [5.74, 6) is -0.423. The molecular weight excluding hydrogens is 378 g/mol. The molecule has 1 amide bonds. The molecule has 0 atom stereocenters. The van der Waals surface area contributed by atoms with Crippen molar-refractivity contribution in [3.63, 3.8) is 0 Å². The van der Waals surface area contributed by atoms with E-state index >= 15 is 0 Å². The molecule has 112 valence electrons. The Morgan fingerprint density at radius 2 is 2.10 bits per heavy atom. The van der Waals surface area contributed by atoms with E-state index in [-0.39, 0.29) is 10.5 Å². The third-order valence-electron chi connectivity index (χ3n) is 2.61. The molecule has 0 saturated carbocycles. The molecule has 0 aliphatic rings. The van der Waals surface area contributed by atoms with E-state index in [4.69, 9.17) is 0 Å². The maximum Gasteiger partial charge on any atom is 0.258 e. The lowest BCUT2D eigenvalue weighted by atomic mass is 10.2. The third kappa shape index (κ3) is 3.49. The first-order valence-corrected chi connectivity index (χ1v) is 8.86. The molecule has 1 aromatic carbocycles. The van der Waals surface area contributed by atoms with Gasteiger partial charge in [-0.1, -0.05) is 0 Å². The highest BCUT2D eigenvalue weighted by Crippen LogP contribution is 2.24. The molecule has 0 spiro atoms. The highest BCUT2D eigenvalue weighted by molar-refractivity contribution is 9.10. The Morgan fingerprint density at radius 3 is 2.67 bits per heavy atom. The fourth-order valence-corrected chi connectivity index (χ4v) is 3.38. The van der Waals surface area contributed by atoms with Crippen molar-refractivity contribution < 1.29 is 13.2 Å². The molecule has 2 aromatic rings. The van der Waals surface area contributed by atoms with Gasteiger partial charge in [-0.2, -0.15) is 0 Å². The highest BCUT2D eigenvalue weighted by Gasteiger charge is 2.20. The van der Waals surface area contributed by atoms with Gasteiger partial charge in [0.2, 0.25) is 10.0 Å². The molecular formula is C12H12BrN3O3S2. The van der Waals surface area contributed by atoms with Crippen LogP contribution < -0.4 is 5.32 Å². The minimum atomic E-state index is -3.59. The van der Waals surface area contributed by atoms with Crippen molar-refractivity contribution >= 4 is 48.3 Å². The summed E-state index contributed by atoms with van der Waals surface area (Å²) in [6.45, 7) is 0. The van der Waals surface area contributed by atoms with Gasteiger partial charge in [0.15, 0.2) is 5.13 Å². The summed E-state index contributed by atoms with van der Waals surface area (Å²) in [7, 11) is -0.718. The number of hydrogen-bond acceptors (Lipinski definition) is 5. The summed E-state index contributed by atoms with van der Waals surface area (Å²) in [6.07, 6.45) is 1.57. The predicted octanol–water partition coefficient (Wildman–Crippen LogP) is 2.41. The number of aromatic nitrogens is 1. The van der Waals surface area contributed by atoms with Crippen LogP contribution >= 0.6 is 27.3 Å². The van der Waals surface area contributed by atoms with Gasteiger partial charge in [-0.25, -0.2) is 17.7 Å². The van der Waals surface area contributed by atoms with Crippen molar-refractivity contribution in [2.24, 2.45) is 0 Å². The van der Waals surface area contributed by atoms with Crippen LogP contribution in [0.2, 0.25) is 0 Å². The van der Waals surface area contributed by atoms with Crippen LogP contribution in [0.25, 0.3) is 0 Å². The number of sulfonamides is 1. The molecule has 1 N–H and O–H groups in total. The predicted molar refractivity (Wildman–Crippen MR) is 85.1 cm³/mol. The van der Waals surface area contributed by atoms with Crippen molar-refractivity contribution in [3.8, 4) is 0 Å². The molecule has 0 saturated heterocycles. The molecule has 9 heteroatoms. The molecule has 0 radical (unpaired) electrons. The monoisotopic (exact) mass is 389 g/mol. The van der Waals surface area contributed by atoms with Crippen LogP contribution in [0.1, 0.15) is 10.4 Å². The van der Waals surface area contributed by atoms with Crippen molar-refractivity contribution in [3.05, 3.63) is 39.8 Å². The number of halogens is 1. The molecule has 0 aliphatic heterocycles. The van der Waals surface area contributed by atoms with E-state index in [2.05, 4.69) is 26.2 Å². The number of anilines is 1. The van der Waals surface area contributed by atoms with Crippen LogP contribution in [-0.4, -0.2) is 37.7 Å². The Hall–Kier alpha value is -1.29. The topological polar surface area (TPSA) is 79.4 Å². The zero-order valence-electron chi connectivity index (χ0n) is 11.2. The summed E-state index contributed by atoms with van der Waals surface area (Å²) in [5, 5.41) is 4.80. The van der Waals surface area contributed by atoms with E-state index in [9.17, 15) is 13.2 Å². The van der Waals surface area contributed by atoms with Gasteiger partial charge in [0.25, 0.3) is 5.91 Å². The maximum absolute atomic E-state index is 12.2. The number of carbonyl (C=O) groups excluding carboxylic acids is 1. The van der Waals surface area contributed by atoms with Crippen molar-refractivity contribution in [1.29, 1.82) is 0 Å². The Balaban J connectivity index is 2.38. The molecule has 0 bridgehead atoms. The van der Waals surface area contributed by atoms with Gasteiger partial charge in [0, 0.05) is 30.1 Å². The lowest BCUT2D eigenvalue weighted by Gasteiger charge is -2.13. The van der Waals surface area contributed by atoms with Crippen LogP contribution in [0, 0.1) is 0 Å². The molecule has 2 rings (SSSR count). The first kappa shape index (κ1) is 16.1. The molecule has 6 nitrogen and oxygen atoms in total. The molecule has 0 fully saturated rings. The Labute approximate surface area is 135 Å². The number of benzene rings is 1. The summed E-state index contributed by atoms with van der Waals surface area (Å²) in [5.41, 5.74) is 0.230. The van der Waals surface area contributed by atoms with Gasteiger partial charge in [-0.05, 0) is 34.1 Å². The second-order valence-electron chi connectivity index (χ2n) is 4.22. The number of carbonyl (C=O) groups is 1. The lowest BCUT2D eigenvalue weighted by Crippen LogP contribution is -2.23. The van der Waals surface area contributed by atoms with Gasteiger partial charge in [0.1, 0.15) is 0 Å². The van der Waals surface area contributed by atoms with E-state index in [1.165, 1.54) is 43.6 Å². The average molecular weight is 390 g/mol. The summed E-state index contributed by atoms with van der Waals surface area (Å²) >= 11 is 4.53. The van der Waals surface area contributed by atoms with Gasteiger partial charge in [-0.15, -0.1) is 11.3 Å². The fraction of sp³-hybridized carbons (Fsp3) is 0.167. The van der Waals surface area contributed by atoms with Crippen molar-refractivity contribution in [2.75, 3.05) is 19.4 Å². The number of rotatable bonds is 4. The lowest BCUT2D eigenvalue weighted by molar-refractivity contribution is 0.102. The SMILES string of the molecule is CN(C)S(=O)(=O)c1ccc(Br)c(C(=O)Nc2nccs2)c1. The molecule has 1 aromatic heterocycles. The van der Waals surface area contributed by atoms with E-state index < -0.39 is 15.9 Å². The molecule has 21 heavy (non-hydrogen) atoms. The number of nitrogens with zero attached hydrogens (tertiary/aromatic N) is 2. The van der Waals surface area contributed by atoms with Crippen LogP contribution in [0.15, 0.2) is 39.1 Å². The number of nitrogens with one attached hydrogen (secondary N) is 1. The largest absolute Gasteiger partial charge is 0.298 e. The second-order valence-corrected chi connectivity index (χ2v) is 8.12. The van der Waals surface area contributed by atoms with Gasteiger partial charge < -0.3 is 0 Å².